The van der Waals surface area contributed by atoms with Crippen LogP contribution in [0.3, 0.4) is 0 Å². The molecule has 0 bridgehead atoms. The summed E-state index contributed by atoms with van der Waals surface area (Å²) in [7, 11) is 2.03. The van der Waals surface area contributed by atoms with Crippen molar-refractivity contribution in [1.29, 1.82) is 0 Å². The highest BCUT2D eigenvalue weighted by molar-refractivity contribution is 5.97. The van der Waals surface area contributed by atoms with Crippen molar-refractivity contribution < 1.29 is 9.53 Å². The summed E-state index contributed by atoms with van der Waals surface area (Å²) in [6, 6.07) is 4.10. The van der Waals surface area contributed by atoms with Gasteiger partial charge in [0.15, 0.2) is 6.61 Å². The molecule has 1 aliphatic rings. The van der Waals surface area contributed by atoms with Crippen molar-refractivity contribution >= 4 is 23.0 Å². The van der Waals surface area contributed by atoms with Gasteiger partial charge in [-0.1, -0.05) is 13.8 Å². The normalized spacial score (nSPS) is 13.8. The van der Waals surface area contributed by atoms with Crippen LogP contribution in [-0.2, 0) is 4.79 Å². The number of nitrogen functional groups attached to an aromatic ring is 1. The molecule has 5 heteroatoms. The highest BCUT2D eigenvalue weighted by Gasteiger charge is 2.21. The number of anilines is 3. The van der Waals surface area contributed by atoms with Gasteiger partial charge in [-0.15, -0.1) is 0 Å². The predicted octanol–water partition coefficient (Wildman–Crippen LogP) is 2.22. The first-order chi connectivity index (χ1) is 9.06. The number of rotatable bonds is 4. The molecule has 3 N–H and O–H groups in total. The Bertz CT molecular complexity index is 484. The molecule has 0 saturated carbocycles. The van der Waals surface area contributed by atoms with Crippen molar-refractivity contribution in [2.75, 3.05) is 29.6 Å². The summed E-state index contributed by atoms with van der Waals surface area (Å²) in [5, 5.41) is 2.81. The molecule has 1 aromatic rings. The molecule has 0 spiro atoms. The molecule has 0 unspecified atom stereocenters. The number of carbonyl (C=O) groups is 1. The van der Waals surface area contributed by atoms with Gasteiger partial charge in [0.2, 0.25) is 0 Å². The molecule has 0 saturated heterocycles. The molecule has 2 rings (SSSR count). The zero-order valence-corrected chi connectivity index (χ0v) is 11.7. The average Bonchev–Trinajstić information content (AvgIpc) is 2.39. The topological polar surface area (TPSA) is 67.6 Å². The second-order valence-corrected chi connectivity index (χ2v) is 4.83. The van der Waals surface area contributed by atoms with E-state index in [1.54, 1.807) is 6.07 Å². The quantitative estimate of drug-likeness (QED) is 0.817. The van der Waals surface area contributed by atoms with Crippen LogP contribution in [0, 0.1) is 0 Å². The minimum absolute atomic E-state index is 0.0498. The summed E-state index contributed by atoms with van der Waals surface area (Å²) in [6.07, 6.45) is 2.10. The van der Waals surface area contributed by atoms with Crippen LogP contribution in [0.2, 0.25) is 0 Å². The maximum absolute atomic E-state index is 11.4. The Morgan fingerprint density at radius 2 is 2.11 bits per heavy atom. The van der Waals surface area contributed by atoms with Crippen molar-refractivity contribution in [2.45, 2.75) is 32.7 Å². The minimum Gasteiger partial charge on any atom is -0.482 e. The fraction of sp³-hybridized carbons (Fsp3) is 0.500. The number of amides is 1. The van der Waals surface area contributed by atoms with E-state index < -0.39 is 0 Å². The van der Waals surface area contributed by atoms with Gasteiger partial charge in [-0.05, 0) is 18.9 Å². The molecule has 1 aromatic carbocycles. The number of nitrogens with zero attached hydrogens (tertiary/aromatic N) is 1. The van der Waals surface area contributed by atoms with Crippen molar-refractivity contribution in [2.24, 2.45) is 0 Å². The molecule has 0 aromatic heterocycles. The molecule has 0 aliphatic carbocycles. The zero-order valence-electron chi connectivity index (χ0n) is 11.7. The highest BCUT2D eigenvalue weighted by atomic mass is 16.5. The lowest BCUT2D eigenvalue weighted by Crippen LogP contribution is -2.31. The Morgan fingerprint density at radius 1 is 1.42 bits per heavy atom. The van der Waals surface area contributed by atoms with E-state index in [2.05, 4.69) is 24.1 Å². The Hall–Kier alpha value is -1.91. The third-order valence-corrected chi connectivity index (χ3v) is 3.63. The van der Waals surface area contributed by atoms with Crippen LogP contribution in [0.15, 0.2) is 12.1 Å². The zero-order chi connectivity index (χ0) is 14.0. The van der Waals surface area contributed by atoms with Crippen LogP contribution >= 0.6 is 0 Å². The summed E-state index contributed by atoms with van der Waals surface area (Å²) in [6.45, 7) is 4.36. The summed E-state index contributed by atoms with van der Waals surface area (Å²) in [4.78, 5) is 13.5. The van der Waals surface area contributed by atoms with E-state index in [0.29, 0.717) is 23.2 Å². The standard InChI is InChI=1S/C14H21N3O2/c1-4-9(5-2)17(3)12-7-11-13(6-10(12)15)19-8-14(18)16-11/h6-7,9H,4-5,8,15H2,1-3H3,(H,16,18). The number of carbonyl (C=O) groups excluding carboxylic acids is 1. The fourth-order valence-electron chi connectivity index (χ4n) is 2.47. The van der Waals surface area contributed by atoms with Crippen LogP contribution < -0.4 is 20.7 Å². The lowest BCUT2D eigenvalue weighted by molar-refractivity contribution is -0.118. The molecule has 104 valence electrons. The molecular weight excluding hydrogens is 242 g/mol. The SMILES string of the molecule is CCC(CC)N(C)c1cc2c(cc1N)OCC(=O)N2. The van der Waals surface area contributed by atoms with Crippen molar-refractivity contribution in [3.05, 3.63) is 12.1 Å². The number of nitrogens with one attached hydrogen (secondary N) is 1. The number of ether oxygens (including phenoxy) is 1. The number of benzene rings is 1. The molecule has 1 amide bonds. The van der Waals surface area contributed by atoms with Gasteiger partial charge in [0, 0.05) is 19.2 Å². The number of hydrogen-bond donors (Lipinski definition) is 2. The Labute approximate surface area is 113 Å². The van der Waals surface area contributed by atoms with Crippen LogP contribution in [0.5, 0.6) is 5.75 Å². The Balaban J connectivity index is 2.36. The van der Waals surface area contributed by atoms with Gasteiger partial charge in [-0.25, -0.2) is 0 Å². The van der Waals surface area contributed by atoms with E-state index in [-0.39, 0.29) is 12.5 Å². The minimum atomic E-state index is -0.131. The van der Waals surface area contributed by atoms with Gasteiger partial charge in [-0.3, -0.25) is 4.79 Å². The van der Waals surface area contributed by atoms with Gasteiger partial charge in [0.1, 0.15) is 5.75 Å². The average molecular weight is 263 g/mol. The largest absolute Gasteiger partial charge is 0.482 e. The first-order valence-electron chi connectivity index (χ1n) is 6.65. The predicted molar refractivity (Wildman–Crippen MR) is 77.8 cm³/mol. The summed E-state index contributed by atoms with van der Waals surface area (Å²) in [5.74, 6) is 0.507. The molecule has 1 heterocycles. The maximum Gasteiger partial charge on any atom is 0.262 e. The van der Waals surface area contributed by atoms with E-state index >= 15 is 0 Å². The van der Waals surface area contributed by atoms with Gasteiger partial charge < -0.3 is 20.7 Å². The van der Waals surface area contributed by atoms with Crippen LogP contribution in [0.1, 0.15) is 26.7 Å². The van der Waals surface area contributed by atoms with Gasteiger partial charge in [0.25, 0.3) is 5.91 Å². The van der Waals surface area contributed by atoms with Crippen molar-refractivity contribution in [3.63, 3.8) is 0 Å². The smallest absolute Gasteiger partial charge is 0.262 e. The summed E-state index contributed by atoms with van der Waals surface area (Å²) >= 11 is 0. The van der Waals surface area contributed by atoms with Crippen LogP contribution in [-0.4, -0.2) is 25.6 Å². The van der Waals surface area contributed by atoms with Crippen molar-refractivity contribution in [1.82, 2.24) is 0 Å². The van der Waals surface area contributed by atoms with E-state index in [4.69, 9.17) is 10.5 Å². The van der Waals surface area contributed by atoms with E-state index in [9.17, 15) is 4.79 Å². The van der Waals surface area contributed by atoms with Gasteiger partial charge >= 0.3 is 0 Å². The second-order valence-electron chi connectivity index (χ2n) is 4.83. The van der Waals surface area contributed by atoms with Crippen LogP contribution in [0.4, 0.5) is 17.1 Å². The Morgan fingerprint density at radius 3 is 2.74 bits per heavy atom. The fourth-order valence-corrected chi connectivity index (χ4v) is 2.47. The van der Waals surface area contributed by atoms with E-state index in [1.807, 2.05) is 13.1 Å². The molecule has 0 fully saturated rings. The highest BCUT2D eigenvalue weighted by Crippen LogP contribution is 2.37. The molecule has 1 aliphatic heterocycles. The first-order valence-corrected chi connectivity index (χ1v) is 6.65. The van der Waals surface area contributed by atoms with E-state index in [1.165, 1.54) is 0 Å². The van der Waals surface area contributed by atoms with E-state index in [0.717, 1.165) is 18.5 Å². The van der Waals surface area contributed by atoms with Gasteiger partial charge in [-0.2, -0.15) is 0 Å². The number of hydrogen-bond acceptors (Lipinski definition) is 4. The lowest BCUT2D eigenvalue weighted by Gasteiger charge is -2.31. The third-order valence-electron chi connectivity index (χ3n) is 3.63. The summed E-state index contributed by atoms with van der Waals surface area (Å²) in [5.41, 5.74) is 8.39. The number of nitrogens with two attached hydrogens (primary N) is 1. The number of fused-ring (bicyclic) bond motifs is 1. The second kappa shape index (κ2) is 5.38. The van der Waals surface area contributed by atoms with Crippen LogP contribution in [0.25, 0.3) is 0 Å². The third kappa shape index (κ3) is 2.59. The summed E-state index contributed by atoms with van der Waals surface area (Å²) < 4.78 is 5.35. The van der Waals surface area contributed by atoms with Crippen molar-refractivity contribution in [3.8, 4) is 5.75 Å². The maximum atomic E-state index is 11.4. The molecule has 5 nitrogen and oxygen atoms in total. The molecular formula is C14H21N3O2. The Kier molecular flexibility index (Phi) is 3.83. The molecule has 19 heavy (non-hydrogen) atoms. The molecule has 0 atom stereocenters. The lowest BCUT2D eigenvalue weighted by atomic mass is 10.1. The molecule has 0 radical (unpaired) electrons. The first kappa shape index (κ1) is 13.5. The van der Waals surface area contributed by atoms with Gasteiger partial charge in [0.05, 0.1) is 17.1 Å². The monoisotopic (exact) mass is 263 g/mol.